The van der Waals surface area contributed by atoms with Crippen LogP contribution >= 0.6 is 27.5 Å². The van der Waals surface area contributed by atoms with Crippen LogP contribution in [0.4, 0.5) is 11.4 Å². The Morgan fingerprint density at radius 3 is 2.75 bits per heavy atom. The van der Waals surface area contributed by atoms with Gasteiger partial charge in [0.1, 0.15) is 10.8 Å². The van der Waals surface area contributed by atoms with Gasteiger partial charge in [-0.3, -0.25) is 19.9 Å². The van der Waals surface area contributed by atoms with E-state index in [1.807, 2.05) is 0 Å². The van der Waals surface area contributed by atoms with Crippen LogP contribution in [-0.2, 0) is 0 Å². The van der Waals surface area contributed by atoms with Crippen LogP contribution in [0.5, 0.6) is 0 Å². The van der Waals surface area contributed by atoms with Gasteiger partial charge >= 0.3 is 0 Å². The molecule has 0 spiro atoms. The van der Waals surface area contributed by atoms with Crippen molar-refractivity contribution in [1.82, 2.24) is 9.97 Å². The third-order valence-electron chi connectivity index (χ3n) is 2.25. The molecule has 1 aromatic heterocycles. The highest BCUT2D eigenvalue weighted by atomic mass is 79.9. The van der Waals surface area contributed by atoms with Gasteiger partial charge in [0.2, 0.25) is 0 Å². The minimum atomic E-state index is -0.529. The molecule has 0 fully saturated rings. The lowest BCUT2D eigenvalue weighted by atomic mass is 10.2. The van der Waals surface area contributed by atoms with Gasteiger partial charge in [0, 0.05) is 16.6 Å². The van der Waals surface area contributed by atoms with Gasteiger partial charge in [-0.15, -0.1) is 0 Å². The van der Waals surface area contributed by atoms with E-state index in [1.54, 1.807) is 0 Å². The van der Waals surface area contributed by atoms with Crippen LogP contribution < -0.4 is 5.32 Å². The summed E-state index contributed by atoms with van der Waals surface area (Å²) in [4.78, 5) is 29.6. The summed E-state index contributed by atoms with van der Waals surface area (Å²) >= 11 is 8.79. The van der Waals surface area contributed by atoms with Crippen molar-refractivity contribution in [2.75, 3.05) is 5.32 Å². The summed E-state index contributed by atoms with van der Waals surface area (Å²) in [5, 5.41) is 13.3. The number of aromatic nitrogens is 2. The summed E-state index contributed by atoms with van der Waals surface area (Å²) in [6.45, 7) is 0. The second kappa shape index (κ2) is 5.93. The topological polar surface area (TPSA) is 98.0 Å². The van der Waals surface area contributed by atoms with E-state index in [1.165, 1.54) is 30.6 Å². The van der Waals surface area contributed by atoms with Crippen molar-refractivity contribution in [3.05, 3.63) is 56.0 Å². The third kappa shape index (κ3) is 3.28. The number of halogens is 2. The lowest BCUT2D eigenvalue weighted by Crippen LogP contribution is -2.14. The third-order valence-corrected chi connectivity index (χ3v) is 3.09. The summed E-state index contributed by atoms with van der Waals surface area (Å²) in [6, 6.07) is 3.99. The normalized spacial score (nSPS) is 10.1. The summed E-state index contributed by atoms with van der Waals surface area (Å²) in [6.07, 6.45) is 2.57. The number of hydrogen-bond donors (Lipinski definition) is 1. The van der Waals surface area contributed by atoms with Gasteiger partial charge in [0.15, 0.2) is 0 Å². The molecule has 102 valence electrons. The molecule has 1 amide bonds. The molecular formula is C11H6BrClN4O3. The number of nitrogens with zero attached hydrogens (tertiary/aromatic N) is 3. The van der Waals surface area contributed by atoms with E-state index in [9.17, 15) is 14.9 Å². The second-order valence-electron chi connectivity index (χ2n) is 3.60. The first-order valence-electron chi connectivity index (χ1n) is 5.20. The van der Waals surface area contributed by atoms with Crippen LogP contribution in [0.15, 0.2) is 35.1 Å². The fraction of sp³-hybridized carbons (Fsp3) is 0. The zero-order chi connectivity index (χ0) is 14.7. The van der Waals surface area contributed by atoms with Crippen molar-refractivity contribution in [1.29, 1.82) is 0 Å². The SMILES string of the molecule is O=C(Nc1ccc([N+](=O)[O-])cc1Br)c1cncc(Cl)n1. The smallest absolute Gasteiger partial charge is 0.275 e. The predicted octanol–water partition coefficient (Wildman–Crippen LogP) is 3.05. The number of benzene rings is 1. The molecule has 7 nitrogen and oxygen atoms in total. The van der Waals surface area contributed by atoms with Gasteiger partial charge in [-0.1, -0.05) is 11.6 Å². The van der Waals surface area contributed by atoms with E-state index < -0.39 is 10.8 Å². The van der Waals surface area contributed by atoms with Crippen molar-refractivity contribution in [2.24, 2.45) is 0 Å². The van der Waals surface area contributed by atoms with Gasteiger partial charge in [-0.25, -0.2) is 4.98 Å². The van der Waals surface area contributed by atoms with Gasteiger partial charge in [-0.2, -0.15) is 0 Å². The van der Waals surface area contributed by atoms with Crippen LogP contribution in [0.1, 0.15) is 10.5 Å². The maximum atomic E-state index is 11.9. The van der Waals surface area contributed by atoms with Gasteiger partial charge in [0.05, 0.1) is 23.0 Å². The highest BCUT2D eigenvalue weighted by Crippen LogP contribution is 2.27. The molecule has 2 rings (SSSR count). The van der Waals surface area contributed by atoms with Gasteiger partial charge < -0.3 is 5.32 Å². The molecule has 1 aromatic carbocycles. The summed E-state index contributed by atoms with van der Waals surface area (Å²) in [7, 11) is 0. The van der Waals surface area contributed by atoms with Crippen molar-refractivity contribution >= 4 is 44.8 Å². The average Bonchev–Trinajstić information content (AvgIpc) is 2.40. The second-order valence-corrected chi connectivity index (χ2v) is 4.84. The predicted molar refractivity (Wildman–Crippen MR) is 75.8 cm³/mol. The van der Waals surface area contributed by atoms with Gasteiger partial charge in [0.25, 0.3) is 11.6 Å². The number of nitrogens with one attached hydrogen (secondary N) is 1. The van der Waals surface area contributed by atoms with E-state index in [0.717, 1.165) is 0 Å². The van der Waals surface area contributed by atoms with Crippen molar-refractivity contribution in [2.45, 2.75) is 0 Å². The molecule has 2 aromatic rings. The molecular weight excluding hydrogens is 352 g/mol. The number of nitro benzene ring substituents is 1. The Kier molecular flexibility index (Phi) is 4.26. The van der Waals surface area contributed by atoms with E-state index in [4.69, 9.17) is 11.6 Å². The van der Waals surface area contributed by atoms with E-state index in [-0.39, 0.29) is 16.5 Å². The summed E-state index contributed by atoms with van der Waals surface area (Å²) in [5.41, 5.74) is 0.336. The quantitative estimate of drug-likeness (QED) is 0.672. The highest BCUT2D eigenvalue weighted by molar-refractivity contribution is 9.10. The zero-order valence-electron chi connectivity index (χ0n) is 9.71. The van der Waals surface area contributed by atoms with Crippen LogP contribution in [0.25, 0.3) is 0 Å². The molecule has 0 bridgehead atoms. The number of non-ortho nitro benzene ring substituents is 1. The molecule has 0 saturated heterocycles. The molecule has 1 heterocycles. The van der Waals surface area contributed by atoms with Crippen molar-refractivity contribution in [3.63, 3.8) is 0 Å². The first-order valence-corrected chi connectivity index (χ1v) is 6.37. The average molecular weight is 358 g/mol. The Morgan fingerprint density at radius 2 is 2.15 bits per heavy atom. The number of nitro groups is 1. The minimum Gasteiger partial charge on any atom is -0.320 e. The molecule has 20 heavy (non-hydrogen) atoms. The van der Waals surface area contributed by atoms with Crippen LogP contribution in [-0.4, -0.2) is 20.8 Å². The Labute approximate surface area is 126 Å². The Hall–Kier alpha value is -2.06. The zero-order valence-corrected chi connectivity index (χ0v) is 12.1. The highest BCUT2D eigenvalue weighted by Gasteiger charge is 2.13. The van der Waals surface area contributed by atoms with Crippen molar-refractivity contribution in [3.8, 4) is 0 Å². The molecule has 0 aliphatic rings. The molecule has 0 atom stereocenters. The molecule has 0 radical (unpaired) electrons. The largest absolute Gasteiger partial charge is 0.320 e. The molecule has 0 saturated carbocycles. The van der Waals surface area contributed by atoms with Gasteiger partial charge in [-0.05, 0) is 22.0 Å². The summed E-state index contributed by atoms with van der Waals surface area (Å²) in [5.74, 6) is -0.519. The Bertz CT molecular complexity index is 695. The fourth-order valence-electron chi connectivity index (χ4n) is 1.36. The van der Waals surface area contributed by atoms with Crippen molar-refractivity contribution < 1.29 is 9.72 Å². The Balaban J connectivity index is 2.22. The monoisotopic (exact) mass is 356 g/mol. The minimum absolute atomic E-state index is 0.0442. The first-order chi connectivity index (χ1) is 9.47. The number of carbonyl (C=O) groups is 1. The molecule has 0 aliphatic heterocycles. The summed E-state index contributed by atoms with van der Waals surface area (Å²) < 4.78 is 0.384. The maximum absolute atomic E-state index is 11.9. The molecule has 0 aliphatic carbocycles. The Morgan fingerprint density at radius 1 is 1.40 bits per heavy atom. The van der Waals surface area contributed by atoms with Crippen LogP contribution in [0.3, 0.4) is 0 Å². The molecule has 1 N–H and O–H groups in total. The lowest BCUT2D eigenvalue weighted by molar-refractivity contribution is -0.384. The number of amides is 1. The number of carbonyl (C=O) groups excluding carboxylic acids is 1. The van der Waals surface area contributed by atoms with E-state index >= 15 is 0 Å². The number of hydrogen-bond acceptors (Lipinski definition) is 5. The van der Waals surface area contributed by atoms with E-state index in [0.29, 0.717) is 10.2 Å². The maximum Gasteiger partial charge on any atom is 0.275 e. The van der Waals surface area contributed by atoms with Crippen LogP contribution in [0, 0.1) is 10.1 Å². The number of rotatable bonds is 3. The number of anilines is 1. The molecule has 0 unspecified atom stereocenters. The fourth-order valence-corrected chi connectivity index (χ4v) is 1.97. The lowest BCUT2D eigenvalue weighted by Gasteiger charge is -2.06. The standard InChI is InChI=1S/C11H6BrClN4O3/c12-7-3-6(17(19)20)1-2-8(7)16-11(18)9-4-14-5-10(13)15-9/h1-5H,(H,16,18). The van der Waals surface area contributed by atoms with Crippen LogP contribution in [0.2, 0.25) is 5.15 Å². The molecule has 9 heteroatoms. The van der Waals surface area contributed by atoms with E-state index in [2.05, 4.69) is 31.2 Å². The first kappa shape index (κ1) is 14.4.